The highest BCUT2D eigenvalue weighted by Crippen LogP contribution is 2.19. The smallest absolute Gasteiger partial charge is 0.239 e. The van der Waals surface area contributed by atoms with Crippen molar-refractivity contribution in [3.63, 3.8) is 0 Å². The molecule has 0 saturated carbocycles. The molecule has 1 aromatic heterocycles. The molecule has 4 N–H and O–H groups in total. The van der Waals surface area contributed by atoms with Crippen molar-refractivity contribution >= 4 is 23.4 Å². The van der Waals surface area contributed by atoms with Gasteiger partial charge < -0.3 is 10.1 Å². The molecular formula is C9H16ClN5O. The topological polar surface area (TPSA) is 85.1 Å². The maximum Gasteiger partial charge on any atom is 0.239 e. The van der Waals surface area contributed by atoms with Gasteiger partial charge in [0, 0.05) is 12.6 Å². The van der Waals surface area contributed by atoms with E-state index in [0.717, 1.165) is 0 Å². The highest BCUT2D eigenvalue weighted by molar-refractivity contribution is 6.32. The Morgan fingerprint density at radius 1 is 1.62 bits per heavy atom. The van der Waals surface area contributed by atoms with Gasteiger partial charge in [0.25, 0.3) is 0 Å². The van der Waals surface area contributed by atoms with E-state index in [2.05, 4.69) is 20.7 Å². The number of anilines is 2. The van der Waals surface area contributed by atoms with Gasteiger partial charge in [-0.1, -0.05) is 11.6 Å². The minimum Gasteiger partial charge on any atom is -0.380 e. The Balaban J connectivity index is 2.64. The second-order valence-corrected chi connectivity index (χ2v) is 3.65. The summed E-state index contributed by atoms with van der Waals surface area (Å²) in [6.45, 7) is 5.19. The van der Waals surface area contributed by atoms with Crippen molar-refractivity contribution in [3.05, 3.63) is 11.2 Å². The van der Waals surface area contributed by atoms with Crippen LogP contribution in [0.2, 0.25) is 5.02 Å². The summed E-state index contributed by atoms with van der Waals surface area (Å²) in [5.74, 6) is 6.06. The van der Waals surface area contributed by atoms with Crippen LogP contribution in [0.5, 0.6) is 0 Å². The molecule has 0 amide bonds. The van der Waals surface area contributed by atoms with Gasteiger partial charge in [-0.2, -0.15) is 4.98 Å². The molecule has 0 aromatic carbocycles. The Bertz CT molecular complexity index is 336. The maximum absolute atomic E-state index is 5.93. The van der Waals surface area contributed by atoms with Crippen LogP contribution in [-0.2, 0) is 4.74 Å². The number of nitrogens with zero attached hydrogens (tertiary/aromatic N) is 2. The predicted molar refractivity (Wildman–Crippen MR) is 64.4 cm³/mol. The molecule has 0 radical (unpaired) electrons. The Labute approximate surface area is 99.5 Å². The summed E-state index contributed by atoms with van der Waals surface area (Å²) < 4.78 is 5.27. The quantitative estimate of drug-likeness (QED) is 0.517. The third-order valence-corrected chi connectivity index (χ3v) is 2.10. The average molecular weight is 246 g/mol. The summed E-state index contributed by atoms with van der Waals surface area (Å²) in [6, 6.07) is 0.109. The molecule has 0 fully saturated rings. The standard InChI is InChI=1S/C9H16ClN5O/c1-3-16-5-6(2)13-8-7(10)4-12-9(14-8)15-11/h4,6H,3,5,11H2,1-2H3,(H2,12,13,14,15). The van der Waals surface area contributed by atoms with E-state index >= 15 is 0 Å². The van der Waals surface area contributed by atoms with E-state index in [4.69, 9.17) is 22.2 Å². The van der Waals surface area contributed by atoms with Crippen molar-refractivity contribution in [1.82, 2.24) is 9.97 Å². The van der Waals surface area contributed by atoms with Crippen LogP contribution in [0.3, 0.4) is 0 Å². The molecule has 0 bridgehead atoms. The van der Waals surface area contributed by atoms with Crippen molar-refractivity contribution in [2.45, 2.75) is 19.9 Å². The van der Waals surface area contributed by atoms with E-state index in [1.54, 1.807) is 0 Å². The summed E-state index contributed by atoms with van der Waals surface area (Å²) >= 11 is 5.93. The van der Waals surface area contributed by atoms with Gasteiger partial charge in [-0.15, -0.1) is 0 Å². The number of hydrogen-bond acceptors (Lipinski definition) is 6. The molecule has 0 spiro atoms. The van der Waals surface area contributed by atoms with E-state index in [0.29, 0.717) is 30.0 Å². The van der Waals surface area contributed by atoms with Crippen LogP contribution < -0.4 is 16.6 Å². The molecule has 1 aromatic rings. The molecule has 0 aliphatic carbocycles. The van der Waals surface area contributed by atoms with Crippen LogP contribution in [0.1, 0.15) is 13.8 Å². The van der Waals surface area contributed by atoms with E-state index in [1.807, 2.05) is 13.8 Å². The van der Waals surface area contributed by atoms with Gasteiger partial charge in [0.15, 0.2) is 5.82 Å². The summed E-state index contributed by atoms with van der Waals surface area (Å²) in [5, 5.41) is 3.56. The molecule has 0 aliphatic heterocycles. The monoisotopic (exact) mass is 245 g/mol. The van der Waals surface area contributed by atoms with E-state index in [9.17, 15) is 0 Å². The Morgan fingerprint density at radius 3 is 3.00 bits per heavy atom. The number of rotatable bonds is 6. The molecule has 90 valence electrons. The zero-order valence-electron chi connectivity index (χ0n) is 9.33. The lowest BCUT2D eigenvalue weighted by Crippen LogP contribution is -2.23. The molecule has 0 saturated heterocycles. The van der Waals surface area contributed by atoms with Crippen molar-refractivity contribution in [2.75, 3.05) is 24.0 Å². The van der Waals surface area contributed by atoms with Gasteiger partial charge in [-0.05, 0) is 13.8 Å². The normalized spacial score (nSPS) is 12.2. The molecule has 7 heteroatoms. The third kappa shape index (κ3) is 3.80. The van der Waals surface area contributed by atoms with Gasteiger partial charge in [0.05, 0.1) is 12.8 Å². The minimum absolute atomic E-state index is 0.109. The number of hydrogen-bond donors (Lipinski definition) is 3. The number of halogens is 1. The van der Waals surface area contributed by atoms with Crippen molar-refractivity contribution in [1.29, 1.82) is 0 Å². The fourth-order valence-electron chi connectivity index (χ4n) is 1.11. The number of ether oxygens (including phenoxy) is 1. The van der Waals surface area contributed by atoms with Crippen LogP contribution >= 0.6 is 11.6 Å². The van der Waals surface area contributed by atoms with Gasteiger partial charge in [-0.3, -0.25) is 5.43 Å². The largest absolute Gasteiger partial charge is 0.380 e. The number of aromatic nitrogens is 2. The van der Waals surface area contributed by atoms with Gasteiger partial charge in [0.2, 0.25) is 5.95 Å². The highest BCUT2D eigenvalue weighted by Gasteiger charge is 2.08. The first-order valence-corrected chi connectivity index (χ1v) is 5.38. The van der Waals surface area contributed by atoms with Gasteiger partial charge in [0.1, 0.15) is 5.02 Å². The van der Waals surface area contributed by atoms with Crippen LogP contribution in [-0.4, -0.2) is 29.2 Å². The molecule has 6 nitrogen and oxygen atoms in total. The second kappa shape index (κ2) is 6.47. The number of nitrogens with one attached hydrogen (secondary N) is 2. The Hall–Kier alpha value is -1.11. The lowest BCUT2D eigenvalue weighted by molar-refractivity contribution is 0.141. The molecular weight excluding hydrogens is 230 g/mol. The third-order valence-electron chi connectivity index (χ3n) is 1.83. The molecule has 1 unspecified atom stereocenters. The van der Waals surface area contributed by atoms with Crippen LogP contribution in [0, 0.1) is 0 Å². The van der Waals surface area contributed by atoms with Crippen molar-refractivity contribution in [2.24, 2.45) is 5.84 Å². The molecule has 1 heterocycles. The number of nitrogen functional groups attached to an aromatic ring is 1. The lowest BCUT2D eigenvalue weighted by atomic mass is 10.3. The second-order valence-electron chi connectivity index (χ2n) is 3.24. The fourth-order valence-corrected chi connectivity index (χ4v) is 1.25. The Morgan fingerprint density at radius 2 is 2.38 bits per heavy atom. The van der Waals surface area contributed by atoms with Crippen molar-refractivity contribution in [3.8, 4) is 0 Å². The lowest BCUT2D eigenvalue weighted by Gasteiger charge is -2.15. The molecule has 1 rings (SSSR count). The zero-order chi connectivity index (χ0) is 12.0. The fraction of sp³-hybridized carbons (Fsp3) is 0.556. The van der Waals surface area contributed by atoms with E-state index in [-0.39, 0.29) is 6.04 Å². The average Bonchev–Trinajstić information content (AvgIpc) is 2.29. The minimum atomic E-state index is 0.109. The van der Waals surface area contributed by atoms with Gasteiger partial charge >= 0.3 is 0 Å². The van der Waals surface area contributed by atoms with Gasteiger partial charge in [-0.25, -0.2) is 10.8 Å². The van der Waals surface area contributed by atoms with Crippen LogP contribution in [0.15, 0.2) is 6.20 Å². The maximum atomic E-state index is 5.93. The number of hydrazine groups is 1. The number of nitrogens with two attached hydrogens (primary N) is 1. The highest BCUT2D eigenvalue weighted by atomic mass is 35.5. The predicted octanol–water partition coefficient (Wildman–Crippen LogP) is 1.25. The van der Waals surface area contributed by atoms with Crippen molar-refractivity contribution < 1.29 is 4.74 Å². The first-order chi connectivity index (χ1) is 7.67. The molecule has 1 atom stereocenters. The first kappa shape index (κ1) is 13.0. The Kier molecular flexibility index (Phi) is 5.24. The summed E-state index contributed by atoms with van der Waals surface area (Å²) in [6.07, 6.45) is 1.49. The van der Waals surface area contributed by atoms with Crippen LogP contribution in [0.4, 0.5) is 11.8 Å². The molecule has 0 aliphatic rings. The van der Waals surface area contributed by atoms with Crippen LogP contribution in [0.25, 0.3) is 0 Å². The zero-order valence-corrected chi connectivity index (χ0v) is 10.1. The first-order valence-electron chi connectivity index (χ1n) is 5.00. The summed E-state index contributed by atoms with van der Waals surface area (Å²) in [7, 11) is 0. The summed E-state index contributed by atoms with van der Waals surface area (Å²) in [4.78, 5) is 7.97. The van der Waals surface area contributed by atoms with E-state index in [1.165, 1.54) is 6.20 Å². The SMILES string of the molecule is CCOCC(C)Nc1nc(NN)ncc1Cl. The summed E-state index contributed by atoms with van der Waals surface area (Å²) in [5.41, 5.74) is 2.36. The molecule has 16 heavy (non-hydrogen) atoms. The van der Waals surface area contributed by atoms with E-state index < -0.39 is 0 Å².